The summed E-state index contributed by atoms with van der Waals surface area (Å²) in [6, 6.07) is 16.1. The van der Waals surface area contributed by atoms with Crippen molar-refractivity contribution in [2.75, 3.05) is 16.9 Å². The van der Waals surface area contributed by atoms with Gasteiger partial charge >= 0.3 is 0 Å². The fourth-order valence-electron chi connectivity index (χ4n) is 2.76. The third-order valence-corrected chi connectivity index (χ3v) is 5.57. The largest absolute Gasteiger partial charge is 0.326 e. The predicted molar refractivity (Wildman–Crippen MR) is 120 cm³/mol. The van der Waals surface area contributed by atoms with Crippen molar-refractivity contribution >= 4 is 45.7 Å². The van der Waals surface area contributed by atoms with Gasteiger partial charge in [-0.25, -0.2) is 4.98 Å². The Labute approximate surface area is 185 Å². The lowest BCUT2D eigenvalue weighted by atomic mass is 10.2. The van der Waals surface area contributed by atoms with Gasteiger partial charge in [0, 0.05) is 16.6 Å². The summed E-state index contributed by atoms with van der Waals surface area (Å²) < 4.78 is 1.60. The molecule has 0 saturated heterocycles. The first-order valence-corrected chi connectivity index (χ1v) is 11.3. The average Bonchev–Trinajstić information content (AvgIpc) is 3.43. The quantitative estimate of drug-likeness (QED) is 0.414. The molecule has 0 fully saturated rings. The van der Waals surface area contributed by atoms with E-state index < -0.39 is 0 Å². The van der Waals surface area contributed by atoms with E-state index in [4.69, 9.17) is 0 Å². The number of amides is 2. The van der Waals surface area contributed by atoms with E-state index in [1.54, 1.807) is 46.5 Å². The number of thioether (sulfide) groups is 1. The van der Waals surface area contributed by atoms with Crippen LogP contribution in [0.15, 0.2) is 65.1 Å². The van der Waals surface area contributed by atoms with Gasteiger partial charge < -0.3 is 5.32 Å². The van der Waals surface area contributed by atoms with Crippen molar-refractivity contribution in [3.05, 3.63) is 71.2 Å². The van der Waals surface area contributed by atoms with Crippen molar-refractivity contribution in [1.82, 2.24) is 25.2 Å². The number of hydrogen-bond donors (Lipinski definition) is 2. The van der Waals surface area contributed by atoms with Gasteiger partial charge in [-0.05, 0) is 47.0 Å². The number of anilines is 2. The third kappa shape index (κ3) is 5.13. The molecule has 2 N–H and O–H groups in total. The Bertz CT molecular complexity index is 1210. The number of carbonyl (C=O) groups excluding carboxylic acids is 2. The van der Waals surface area contributed by atoms with Gasteiger partial charge in [-0.15, -0.1) is 16.4 Å². The van der Waals surface area contributed by atoms with Crippen LogP contribution in [-0.2, 0) is 11.2 Å². The predicted octanol–water partition coefficient (Wildman–Crippen LogP) is 3.27. The molecule has 31 heavy (non-hydrogen) atoms. The maximum atomic E-state index is 12.5. The molecule has 2 heterocycles. The topological polar surface area (TPSA) is 115 Å². The van der Waals surface area contributed by atoms with Crippen LogP contribution in [0.2, 0.25) is 0 Å². The Morgan fingerprint density at radius 2 is 1.94 bits per heavy atom. The Morgan fingerprint density at radius 1 is 1.10 bits per heavy atom. The summed E-state index contributed by atoms with van der Waals surface area (Å²) in [6.07, 6.45) is 1.97. The first-order chi connectivity index (χ1) is 15.1. The molecule has 156 valence electrons. The molecule has 2 aromatic carbocycles. The molecule has 0 aliphatic carbocycles. The SMILES string of the molecule is CSc1nnnn1-c1cccc(NC(=O)Cc2csc(NC(=O)c3ccccc3)n2)c1. The zero-order valence-corrected chi connectivity index (χ0v) is 18.0. The van der Waals surface area contributed by atoms with Crippen molar-refractivity contribution in [1.29, 1.82) is 0 Å². The number of tetrazole rings is 1. The highest BCUT2D eigenvalue weighted by atomic mass is 32.2. The summed E-state index contributed by atoms with van der Waals surface area (Å²) in [5, 5.41) is 20.0. The Morgan fingerprint density at radius 3 is 2.74 bits per heavy atom. The second-order valence-corrected chi connectivity index (χ2v) is 7.95. The number of nitrogens with one attached hydrogen (secondary N) is 2. The summed E-state index contributed by atoms with van der Waals surface area (Å²) in [7, 11) is 0. The zero-order valence-electron chi connectivity index (χ0n) is 16.3. The molecule has 2 aromatic heterocycles. The molecule has 0 atom stereocenters. The van der Waals surface area contributed by atoms with Crippen LogP contribution in [0.25, 0.3) is 5.69 Å². The first kappa shape index (κ1) is 20.7. The molecule has 4 aromatic rings. The van der Waals surface area contributed by atoms with Crippen molar-refractivity contribution < 1.29 is 9.59 Å². The van der Waals surface area contributed by atoms with Crippen molar-refractivity contribution in [2.45, 2.75) is 11.6 Å². The van der Waals surface area contributed by atoms with Crippen molar-refractivity contribution in [2.24, 2.45) is 0 Å². The molecular formula is C20H17N7O2S2. The van der Waals surface area contributed by atoms with Gasteiger partial charge in [0.2, 0.25) is 11.1 Å². The van der Waals surface area contributed by atoms with Crippen LogP contribution in [0.1, 0.15) is 16.1 Å². The maximum Gasteiger partial charge on any atom is 0.257 e. The Kier molecular flexibility index (Phi) is 6.34. The lowest BCUT2D eigenvalue weighted by molar-refractivity contribution is -0.115. The fourth-order valence-corrected chi connectivity index (χ4v) is 3.90. The van der Waals surface area contributed by atoms with Gasteiger partial charge in [-0.1, -0.05) is 36.0 Å². The third-order valence-electron chi connectivity index (χ3n) is 4.15. The molecule has 0 radical (unpaired) electrons. The maximum absolute atomic E-state index is 12.5. The van der Waals surface area contributed by atoms with Crippen LogP contribution >= 0.6 is 23.1 Å². The van der Waals surface area contributed by atoms with Gasteiger partial charge in [-0.2, -0.15) is 4.68 Å². The second-order valence-electron chi connectivity index (χ2n) is 6.32. The van der Waals surface area contributed by atoms with Gasteiger partial charge in [-0.3, -0.25) is 14.9 Å². The average molecular weight is 452 g/mol. The van der Waals surface area contributed by atoms with Crippen LogP contribution in [-0.4, -0.2) is 43.3 Å². The smallest absolute Gasteiger partial charge is 0.257 e. The van der Waals surface area contributed by atoms with Crippen LogP contribution in [0.5, 0.6) is 0 Å². The van der Waals surface area contributed by atoms with Gasteiger partial charge in [0.1, 0.15) is 0 Å². The number of carbonyl (C=O) groups is 2. The first-order valence-electron chi connectivity index (χ1n) is 9.16. The van der Waals surface area contributed by atoms with Crippen molar-refractivity contribution in [3.8, 4) is 5.69 Å². The molecule has 0 bridgehead atoms. The standard InChI is InChI=1S/C20H17N7O2S2/c1-30-20-24-25-26-27(20)16-9-5-8-14(10-16)21-17(28)11-15-12-31-19(22-15)23-18(29)13-6-3-2-4-7-13/h2-10,12H,11H2,1H3,(H,21,28)(H,22,23,29). The molecule has 9 nitrogen and oxygen atoms in total. The van der Waals surface area contributed by atoms with E-state index in [1.165, 1.54) is 23.1 Å². The van der Waals surface area contributed by atoms with Crippen LogP contribution in [0, 0.1) is 0 Å². The number of nitrogens with zero attached hydrogens (tertiary/aromatic N) is 5. The molecule has 0 aliphatic rings. The molecular weight excluding hydrogens is 434 g/mol. The summed E-state index contributed by atoms with van der Waals surface area (Å²) in [4.78, 5) is 29.0. The molecule has 2 amide bonds. The van der Waals surface area contributed by atoms with Crippen LogP contribution in [0.4, 0.5) is 10.8 Å². The van der Waals surface area contributed by atoms with E-state index in [2.05, 4.69) is 31.1 Å². The minimum Gasteiger partial charge on any atom is -0.326 e. The summed E-state index contributed by atoms with van der Waals surface area (Å²) in [5.74, 6) is -0.458. The minimum atomic E-state index is -0.241. The van der Waals surface area contributed by atoms with E-state index in [0.29, 0.717) is 27.2 Å². The number of hydrogen-bond acceptors (Lipinski definition) is 8. The monoisotopic (exact) mass is 451 g/mol. The highest BCUT2D eigenvalue weighted by Gasteiger charge is 2.12. The van der Waals surface area contributed by atoms with Gasteiger partial charge in [0.25, 0.3) is 5.91 Å². The molecule has 0 aliphatic heterocycles. The number of aromatic nitrogens is 5. The molecule has 0 spiro atoms. The van der Waals surface area contributed by atoms with Crippen molar-refractivity contribution in [3.63, 3.8) is 0 Å². The summed E-state index contributed by atoms with van der Waals surface area (Å²) in [5.41, 5.74) is 2.49. The van der Waals surface area contributed by atoms with Gasteiger partial charge in [0.05, 0.1) is 17.8 Å². The number of benzene rings is 2. The molecule has 0 saturated carbocycles. The normalized spacial score (nSPS) is 10.6. The lowest BCUT2D eigenvalue weighted by Crippen LogP contribution is -2.15. The van der Waals surface area contributed by atoms with E-state index in [9.17, 15) is 9.59 Å². The minimum absolute atomic E-state index is 0.0862. The fraction of sp³-hybridized carbons (Fsp3) is 0.100. The summed E-state index contributed by atoms with van der Waals surface area (Å²) in [6.45, 7) is 0. The zero-order chi connectivity index (χ0) is 21.6. The van der Waals surface area contributed by atoms with E-state index >= 15 is 0 Å². The molecule has 0 unspecified atom stereocenters. The van der Waals surface area contributed by atoms with Crippen LogP contribution in [0.3, 0.4) is 0 Å². The van der Waals surface area contributed by atoms with Gasteiger partial charge in [0.15, 0.2) is 5.13 Å². The number of thiazole rings is 1. The van der Waals surface area contributed by atoms with Crippen LogP contribution < -0.4 is 10.6 Å². The second kappa shape index (κ2) is 9.49. The van der Waals surface area contributed by atoms with E-state index in [1.807, 2.05) is 24.5 Å². The Hall–Kier alpha value is -3.57. The highest BCUT2D eigenvalue weighted by Crippen LogP contribution is 2.20. The van der Waals surface area contributed by atoms with E-state index in [-0.39, 0.29) is 18.2 Å². The lowest BCUT2D eigenvalue weighted by Gasteiger charge is -2.07. The molecule has 11 heteroatoms. The number of rotatable bonds is 7. The molecule has 4 rings (SSSR count). The van der Waals surface area contributed by atoms with E-state index in [0.717, 1.165) is 5.69 Å². The summed E-state index contributed by atoms with van der Waals surface area (Å²) >= 11 is 2.70. The highest BCUT2D eigenvalue weighted by molar-refractivity contribution is 7.98. The Balaban J connectivity index is 1.37.